The van der Waals surface area contributed by atoms with Gasteiger partial charge in [0.05, 0.1) is 11.6 Å². The number of nitrogens with zero attached hydrogens (tertiary/aromatic N) is 3. The SMILES string of the molecule is CCN1CCC(c2ccc(C(F)(F)C3C[C@@H](C(=O)NC4(C#N)CC4)N(C(=O)C4(C(F)(F)F)CC4)C3)c(C(F)(F)F)c2)CC1.Cl. The fourth-order valence-corrected chi connectivity index (χ4v) is 6.44. The highest BCUT2D eigenvalue weighted by Gasteiger charge is 2.71. The van der Waals surface area contributed by atoms with Crippen molar-refractivity contribution in [3.63, 3.8) is 0 Å². The number of piperidine rings is 1. The normalized spacial score (nSPS) is 25.1. The summed E-state index contributed by atoms with van der Waals surface area (Å²) in [4.78, 5) is 28.9. The summed E-state index contributed by atoms with van der Waals surface area (Å²) in [5.74, 6) is -9.21. The van der Waals surface area contributed by atoms with E-state index in [2.05, 4.69) is 10.2 Å². The third kappa shape index (κ3) is 6.10. The predicted molar refractivity (Wildman–Crippen MR) is 144 cm³/mol. The highest BCUT2D eigenvalue weighted by Crippen LogP contribution is 2.60. The Kier molecular flexibility index (Phi) is 9.03. The zero-order valence-corrected chi connectivity index (χ0v) is 24.6. The number of halogens is 9. The van der Waals surface area contributed by atoms with Crippen molar-refractivity contribution >= 4 is 24.2 Å². The summed E-state index contributed by atoms with van der Waals surface area (Å²) in [6, 6.07) is 2.74. The van der Waals surface area contributed by atoms with Crippen molar-refractivity contribution in [1.82, 2.24) is 15.1 Å². The Labute approximate surface area is 255 Å². The Hall–Kier alpha value is -2.66. The molecule has 2 saturated carbocycles. The first kappa shape index (κ1) is 34.2. The van der Waals surface area contributed by atoms with Crippen LogP contribution in [0.4, 0.5) is 35.1 Å². The molecule has 4 fully saturated rings. The van der Waals surface area contributed by atoms with Gasteiger partial charge in [-0.05, 0) is 82.1 Å². The number of carbonyl (C=O) groups excluding carboxylic acids is 2. The van der Waals surface area contributed by atoms with E-state index in [9.17, 15) is 41.2 Å². The molecule has 1 unspecified atom stereocenters. The van der Waals surface area contributed by atoms with E-state index in [-0.39, 0.29) is 36.7 Å². The van der Waals surface area contributed by atoms with E-state index in [1.165, 1.54) is 6.07 Å². The van der Waals surface area contributed by atoms with Gasteiger partial charge in [-0.15, -0.1) is 12.4 Å². The number of amides is 2. The molecule has 1 N–H and O–H groups in total. The summed E-state index contributed by atoms with van der Waals surface area (Å²) in [5.41, 5.74) is -6.75. The Balaban J connectivity index is 0.00000442. The maximum atomic E-state index is 16.1. The van der Waals surface area contributed by atoms with E-state index in [4.69, 9.17) is 0 Å². The van der Waals surface area contributed by atoms with E-state index in [0.29, 0.717) is 30.8 Å². The highest BCUT2D eigenvalue weighted by atomic mass is 35.5. The molecule has 2 aliphatic carbocycles. The summed E-state index contributed by atoms with van der Waals surface area (Å²) >= 11 is 0. The molecule has 2 amide bonds. The van der Waals surface area contributed by atoms with Gasteiger partial charge in [-0.3, -0.25) is 9.59 Å². The Morgan fingerprint density at radius 1 is 1.00 bits per heavy atom. The van der Waals surface area contributed by atoms with Crippen LogP contribution in [0.25, 0.3) is 0 Å². The number of likely N-dealkylation sites (tertiary alicyclic amines) is 2. The lowest BCUT2D eigenvalue weighted by molar-refractivity contribution is -0.199. The molecule has 6 nitrogen and oxygen atoms in total. The van der Waals surface area contributed by atoms with E-state index in [0.717, 1.165) is 18.7 Å². The van der Waals surface area contributed by atoms with E-state index in [1.54, 1.807) is 0 Å². The van der Waals surface area contributed by atoms with Gasteiger partial charge in [0.15, 0.2) is 0 Å². The second-order valence-corrected chi connectivity index (χ2v) is 12.3. The fourth-order valence-electron chi connectivity index (χ4n) is 6.44. The minimum absolute atomic E-state index is 0. The lowest BCUT2D eigenvalue weighted by Crippen LogP contribution is -2.53. The highest BCUT2D eigenvalue weighted by molar-refractivity contribution is 5.93. The minimum atomic E-state index is -5.16. The van der Waals surface area contributed by atoms with Crippen LogP contribution in [0, 0.1) is 22.7 Å². The molecule has 0 bridgehead atoms. The molecule has 2 saturated heterocycles. The number of alkyl halides is 8. The number of rotatable bonds is 7. The summed E-state index contributed by atoms with van der Waals surface area (Å²) in [5, 5.41) is 11.7. The standard InChI is InChI=1S/C29H32F8N4O2.ClH/c1-2-40-11-5-17(6-12-40)18-3-4-20(21(13-18)28(32,33)34)27(30,31)19-14-22(23(42)39-25(16-38)7-8-25)41(15-19)24(43)26(9-10-26)29(35,36)37;/h3-4,13,17,19,22H,2,5-12,14-15H2,1H3,(H,39,42);1H/t19?,22-;/m0./s1. The molecular formula is C29H33ClF8N4O2. The van der Waals surface area contributed by atoms with Gasteiger partial charge in [0.1, 0.15) is 17.0 Å². The second kappa shape index (κ2) is 11.6. The van der Waals surface area contributed by atoms with E-state index >= 15 is 8.78 Å². The summed E-state index contributed by atoms with van der Waals surface area (Å²) < 4.78 is 116. The van der Waals surface area contributed by atoms with Crippen molar-refractivity contribution in [2.75, 3.05) is 26.2 Å². The van der Waals surface area contributed by atoms with Crippen LogP contribution >= 0.6 is 12.4 Å². The molecule has 2 aliphatic heterocycles. The number of hydrogen-bond donors (Lipinski definition) is 1. The van der Waals surface area contributed by atoms with Crippen molar-refractivity contribution in [3.8, 4) is 6.07 Å². The van der Waals surface area contributed by atoms with Gasteiger partial charge in [0.25, 0.3) is 5.92 Å². The Morgan fingerprint density at radius 3 is 2.09 bits per heavy atom. The average Bonchev–Trinajstić information content (AvgIpc) is 3.88. The smallest absolute Gasteiger partial charge is 0.336 e. The van der Waals surface area contributed by atoms with E-state index in [1.807, 2.05) is 13.0 Å². The zero-order chi connectivity index (χ0) is 31.6. The Bertz CT molecular complexity index is 1310. The number of benzene rings is 1. The van der Waals surface area contributed by atoms with Gasteiger partial charge in [-0.1, -0.05) is 19.1 Å². The number of nitriles is 1. The van der Waals surface area contributed by atoms with Gasteiger partial charge in [-0.2, -0.15) is 31.6 Å². The van der Waals surface area contributed by atoms with Crippen molar-refractivity contribution < 1.29 is 44.7 Å². The first-order chi connectivity index (χ1) is 20.0. The first-order valence-electron chi connectivity index (χ1n) is 14.4. The van der Waals surface area contributed by atoms with Crippen LogP contribution in [-0.2, 0) is 21.7 Å². The maximum absolute atomic E-state index is 16.1. The summed E-state index contributed by atoms with van der Waals surface area (Å²) in [6.07, 6.45) is -10.6. The van der Waals surface area contributed by atoms with E-state index < -0.39 is 89.9 Å². The topological polar surface area (TPSA) is 76.4 Å². The predicted octanol–water partition coefficient (Wildman–Crippen LogP) is 6.15. The van der Waals surface area contributed by atoms with Crippen LogP contribution in [0.3, 0.4) is 0 Å². The number of nitrogens with one attached hydrogen (secondary N) is 1. The third-order valence-electron chi connectivity index (χ3n) is 9.62. The van der Waals surface area contributed by atoms with Gasteiger partial charge in [0.2, 0.25) is 11.8 Å². The lowest BCUT2D eigenvalue weighted by atomic mass is 9.84. The van der Waals surface area contributed by atoms with Crippen LogP contribution < -0.4 is 5.32 Å². The van der Waals surface area contributed by atoms with Gasteiger partial charge in [-0.25, -0.2) is 8.78 Å². The molecule has 0 aromatic heterocycles. The van der Waals surface area contributed by atoms with Crippen LogP contribution in [0.2, 0.25) is 0 Å². The van der Waals surface area contributed by atoms with Crippen LogP contribution in [0.5, 0.6) is 0 Å². The Morgan fingerprint density at radius 2 is 1.61 bits per heavy atom. The molecule has 0 spiro atoms. The fraction of sp³-hybridized carbons (Fsp3) is 0.690. The van der Waals surface area contributed by atoms with Gasteiger partial charge < -0.3 is 15.1 Å². The molecule has 2 atom stereocenters. The van der Waals surface area contributed by atoms with Gasteiger partial charge >= 0.3 is 12.4 Å². The van der Waals surface area contributed by atoms with Crippen molar-refractivity contribution in [2.24, 2.45) is 11.3 Å². The van der Waals surface area contributed by atoms with Crippen LogP contribution in [0.15, 0.2) is 18.2 Å². The monoisotopic (exact) mass is 656 g/mol. The average molecular weight is 657 g/mol. The van der Waals surface area contributed by atoms with Crippen LogP contribution in [0.1, 0.15) is 74.5 Å². The molecule has 44 heavy (non-hydrogen) atoms. The molecule has 1 aromatic carbocycles. The third-order valence-corrected chi connectivity index (χ3v) is 9.62. The van der Waals surface area contributed by atoms with Crippen LogP contribution in [-0.4, -0.2) is 65.6 Å². The number of hydrogen-bond acceptors (Lipinski definition) is 4. The summed E-state index contributed by atoms with van der Waals surface area (Å²) in [7, 11) is 0. The van der Waals surface area contributed by atoms with Crippen molar-refractivity contribution in [1.29, 1.82) is 5.26 Å². The molecule has 2 heterocycles. The molecule has 244 valence electrons. The molecule has 15 heteroatoms. The van der Waals surface area contributed by atoms with Crippen molar-refractivity contribution in [3.05, 3.63) is 34.9 Å². The molecule has 0 radical (unpaired) electrons. The maximum Gasteiger partial charge on any atom is 0.416 e. The number of carbonyl (C=O) groups is 2. The molecular weight excluding hydrogens is 624 g/mol. The second-order valence-electron chi connectivity index (χ2n) is 12.3. The lowest BCUT2D eigenvalue weighted by Gasteiger charge is -2.32. The first-order valence-corrected chi connectivity index (χ1v) is 14.4. The molecule has 1 aromatic rings. The summed E-state index contributed by atoms with van der Waals surface area (Å²) in [6.45, 7) is 3.01. The quantitative estimate of drug-likeness (QED) is 0.358. The largest absolute Gasteiger partial charge is 0.416 e. The minimum Gasteiger partial charge on any atom is -0.336 e. The molecule has 5 rings (SSSR count). The van der Waals surface area contributed by atoms with Crippen molar-refractivity contribution in [2.45, 2.75) is 87.6 Å². The van der Waals surface area contributed by atoms with Gasteiger partial charge in [0, 0.05) is 18.0 Å². The zero-order valence-electron chi connectivity index (χ0n) is 23.8. The molecule has 4 aliphatic rings.